The van der Waals surface area contributed by atoms with Crippen molar-refractivity contribution >= 4 is 0 Å². The predicted octanol–water partition coefficient (Wildman–Crippen LogP) is 0.264. The lowest BCUT2D eigenvalue weighted by atomic mass is 10.2. The first-order valence-electron chi connectivity index (χ1n) is 7.23. The minimum atomic E-state index is 0.501. The van der Waals surface area contributed by atoms with Gasteiger partial charge in [-0.2, -0.15) is 5.10 Å². The Bertz CT molecular complexity index is 558. The van der Waals surface area contributed by atoms with Crippen LogP contribution in [0, 0.1) is 0 Å². The fraction of sp³-hybridized carbons (Fsp3) is 0.750. The molecule has 2 aromatic rings. The van der Waals surface area contributed by atoms with Gasteiger partial charge in [-0.05, 0) is 42.7 Å². The molecule has 0 N–H and O–H groups in total. The maximum atomic E-state index is 4.20. The molecule has 8 heteroatoms. The van der Waals surface area contributed by atoms with E-state index in [9.17, 15) is 0 Å². The Balaban J connectivity index is 1.45. The van der Waals surface area contributed by atoms with E-state index in [1.54, 1.807) is 12.7 Å². The predicted molar refractivity (Wildman–Crippen MR) is 69.5 cm³/mol. The maximum Gasteiger partial charge on any atom is 0.165 e. The molecule has 20 heavy (non-hydrogen) atoms. The van der Waals surface area contributed by atoms with Gasteiger partial charge in [-0.25, -0.2) is 9.67 Å². The Morgan fingerprint density at radius 2 is 2.20 bits per heavy atom. The lowest BCUT2D eigenvalue weighted by Crippen LogP contribution is -2.33. The molecular weight excluding hydrogens is 256 g/mol. The first-order chi connectivity index (χ1) is 9.90. The zero-order valence-corrected chi connectivity index (χ0v) is 11.3. The summed E-state index contributed by atoms with van der Waals surface area (Å²) >= 11 is 0. The van der Waals surface area contributed by atoms with Gasteiger partial charge in [0.25, 0.3) is 0 Å². The van der Waals surface area contributed by atoms with Crippen molar-refractivity contribution < 1.29 is 0 Å². The van der Waals surface area contributed by atoms with E-state index in [1.165, 1.54) is 25.7 Å². The van der Waals surface area contributed by atoms with Gasteiger partial charge in [-0.15, -0.1) is 5.10 Å². The van der Waals surface area contributed by atoms with Crippen molar-refractivity contribution in [3.63, 3.8) is 0 Å². The van der Waals surface area contributed by atoms with Crippen molar-refractivity contribution in [2.24, 2.45) is 0 Å². The van der Waals surface area contributed by atoms with Crippen molar-refractivity contribution in [1.82, 2.24) is 39.9 Å². The number of tetrazole rings is 1. The molecule has 0 bridgehead atoms. The average molecular weight is 274 g/mol. The van der Waals surface area contributed by atoms with Crippen LogP contribution in [-0.2, 0) is 13.1 Å². The molecule has 1 aliphatic carbocycles. The topological polar surface area (TPSA) is 77.5 Å². The van der Waals surface area contributed by atoms with Crippen LogP contribution in [0.4, 0.5) is 0 Å². The summed E-state index contributed by atoms with van der Waals surface area (Å²) in [5.74, 6) is 0.998. The molecule has 4 rings (SSSR count). The van der Waals surface area contributed by atoms with Crippen LogP contribution < -0.4 is 0 Å². The summed E-state index contributed by atoms with van der Waals surface area (Å²) in [5, 5.41) is 16.4. The van der Waals surface area contributed by atoms with E-state index >= 15 is 0 Å². The largest absolute Gasteiger partial charge is 0.291 e. The van der Waals surface area contributed by atoms with Crippen molar-refractivity contribution in [3.8, 4) is 0 Å². The molecule has 8 nitrogen and oxygen atoms in total. The number of nitrogens with zero attached hydrogens (tertiary/aromatic N) is 8. The smallest absolute Gasteiger partial charge is 0.165 e. The normalized spacial score (nSPS) is 23.5. The summed E-state index contributed by atoms with van der Waals surface area (Å²) in [6.45, 7) is 2.84. The van der Waals surface area contributed by atoms with Gasteiger partial charge in [-0.3, -0.25) is 9.58 Å². The molecule has 0 radical (unpaired) electrons. The highest BCUT2D eigenvalue weighted by atomic mass is 15.6. The molecule has 1 saturated carbocycles. The second-order valence-corrected chi connectivity index (χ2v) is 5.65. The lowest BCUT2D eigenvalue weighted by Gasteiger charge is -2.23. The zero-order valence-electron chi connectivity index (χ0n) is 11.3. The van der Waals surface area contributed by atoms with E-state index in [-0.39, 0.29) is 0 Å². The Labute approximate surface area is 116 Å². The third-order valence-corrected chi connectivity index (χ3v) is 4.16. The fourth-order valence-electron chi connectivity index (χ4n) is 2.95. The van der Waals surface area contributed by atoms with Gasteiger partial charge in [0.15, 0.2) is 5.82 Å². The first kappa shape index (κ1) is 12.0. The Kier molecular flexibility index (Phi) is 2.95. The first-order valence-corrected chi connectivity index (χ1v) is 7.23. The number of rotatable bonds is 5. The Hall–Kier alpha value is -1.83. The lowest BCUT2D eigenvalue weighted by molar-refractivity contribution is 0.210. The Morgan fingerprint density at radius 1 is 1.25 bits per heavy atom. The monoisotopic (exact) mass is 274 g/mol. The van der Waals surface area contributed by atoms with Gasteiger partial charge >= 0.3 is 0 Å². The molecule has 2 fully saturated rings. The summed E-state index contributed by atoms with van der Waals surface area (Å²) in [6, 6.07) is 1.04. The highest BCUT2D eigenvalue weighted by molar-refractivity contribution is 4.92. The molecule has 1 aliphatic heterocycles. The molecule has 106 valence electrons. The summed E-state index contributed by atoms with van der Waals surface area (Å²) in [6.07, 6.45) is 8.22. The van der Waals surface area contributed by atoms with Crippen LogP contribution in [-0.4, -0.2) is 52.5 Å². The van der Waals surface area contributed by atoms with Gasteiger partial charge in [0.1, 0.15) is 12.7 Å². The quantitative estimate of drug-likeness (QED) is 0.778. The summed E-state index contributed by atoms with van der Waals surface area (Å²) in [5.41, 5.74) is 0. The van der Waals surface area contributed by atoms with Crippen LogP contribution in [0.3, 0.4) is 0 Å². The molecule has 1 saturated heterocycles. The summed E-state index contributed by atoms with van der Waals surface area (Å²) in [7, 11) is 0. The zero-order chi connectivity index (χ0) is 13.4. The van der Waals surface area contributed by atoms with Crippen LogP contribution in [0.25, 0.3) is 0 Å². The molecule has 0 aromatic carbocycles. The van der Waals surface area contributed by atoms with E-state index in [0.717, 1.165) is 25.5 Å². The van der Waals surface area contributed by atoms with Crippen molar-refractivity contribution in [2.45, 2.75) is 50.9 Å². The molecule has 2 aromatic heterocycles. The Morgan fingerprint density at radius 3 is 3.00 bits per heavy atom. The minimum Gasteiger partial charge on any atom is -0.291 e. The van der Waals surface area contributed by atoms with E-state index in [0.29, 0.717) is 12.1 Å². The molecule has 0 spiro atoms. The van der Waals surface area contributed by atoms with Crippen LogP contribution >= 0.6 is 0 Å². The van der Waals surface area contributed by atoms with Crippen LogP contribution in [0.1, 0.15) is 37.5 Å². The molecule has 1 atom stereocenters. The highest BCUT2D eigenvalue weighted by Gasteiger charge is 2.31. The number of aromatic nitrogens is 7. The third-order valence-electron chi connectivity index (χ3n) is 4.16. The number of hydrogen-bond donors (Lipinski definition) is 0. The number of hydrogen-bond acceptors (Lipinski definition) is 6. The molecular formula is C12H18N8. The van der Waals surface area contributed by atoms with E-state index in [4.69, 9.17) is 0 Å². The molecule has 0 amide bonds. The molecule has 3 heterocycles. The van der Waals surface area contributed by atoms with Crippen LogP contribution in [0.2, 0.25) is 0 Å². The van der Waals surface area contributed by atoms with Crippen molar-refractivity contribution in [3.05, 3.63) is 18.5 Å². The average Bonchev–Trinajstić information content (AvgIpc) is 2.88. The van der Waals surface area contributed by atoms with E-state index < -0.39 is 0 Å². The van der Waals surface area contributed by atoms with Gasteiger partial charge < -0.3 is 0 Å². The minimum absolute atomic E-state index is 0.501. The second-order valence-electron chi connectivity index (χ2n) is 5.65. The summed E-state index contributed by atoms with van der Waals surface area (Å²) < 4.78 is 3.91. The van der Waals surface area contributed by atoms with Crippen LogP contribution in [0.15, 0.2) is 12.7 Å². The second kappa shape index (κ2) is 4.93. The van der Waals surface area contributed by atoms with E-state index in [1.807, 2.05) is 9.36 Å². The van der Waals surface area contributed by atoms with Gasteiger partial charge in [-0.1, -0.05) is 0 Å². The molecule has 2 aliphatic rings. The molecule has 1 unspecified atom stereocenters. The standard InChI is InChI=1S/C12H18N8/c1-2-11(6-19-9-13-8-14-19)18(5-1)7-12-15-16-17-20(12)10-3-4-10/h8-11H,1-7H2. The van der Waals surface area contributed by atoms with Gasteiger partial charge in [0, 0.05) is 6.04 Å². The SMILES string of the molecule is c1ncn(CC2CCCN2Cc2nnnn2C2CC2)n1. The van der Waals surface area contributed by atoms with Gasteiger partial charge in [0.05, 0.1) is 19.1 Å². The highest BCUT2D eigenvalue weighted by Crippen LogP contribution is 2.34. The van der Waals surface area contributed by atoms with E-state index in [2.05, 4.69) is 30.5 Å². The fourth-order valence-corrected chi connectivity index (χ4v) is 2.95. The van der Waals surface area contributed by atoms with Crippen molar-refractivity contribution in [1.29, 1.82) is 0 Å². The van der Waals surface area contributed by atoms with Gasteiger partial charge in [0.2, 0.25) is 0 Å². The van der Waals surface area contributed by atoms with Crippen LogP contribution in [0.5, 0.6) is 0 Å². The summed E-state index contributed by atoms with van der Waals surface area (Å²) in [4.78, 5) is 6.47. The third kappa shape index (κ3) is 2.31. The number of likely N-dealkylation sites (tertiary alicyclic amines) is 1. The van der Waals surface area contributed by atoms with Crippen molar-refractivity contribution in [2.75, 3.05) is 6.54 Å². The maximum absolute atomic E-state index is 4.20.